The van der Waals surface area contributed by atoms with Gasteiger partial charge < -0.3 is 15.4 Å². The highest BCUT2D eigenvalue weighted by atomic mass is 32.1. The van der Waals surface area contributed by atoms with E-state index in [1.165, 1.54) is 16.7 Å². The van der Waals surface area contributed by atoms with Gasteiger partial charge in [0.05, 0.1) is 25.0 Å². The summed E-state index contributed by atoms with van der Waals surface area (Å²) in [7, 11) is 1.59. The first-order valence-electron chi connectivity index (χ1n) is 8.76. The molecular weight excluding hydrogens is 354 g/mol. The topological polar surface area (TPSA) is 46.2 Å². The van der Waals surface area contributed by atoms with E-state index >= 15 is 0 Å². The van der Waals surface area contributed by atoms with Gasteiger partial charge in [0.25, 0.3) is 0 Å². The number of pyridine rings is 1. The van der Waals surface area contributed by atoms with Crippen LogP contribution in [-0.2, 0) is 0 Å². The van der Waals surface area contributed by atoms with Gasteiger partial charge in [0.1, 0.15) is 0 Å². The summed E-state index contributed by atoms with van der Waals surface area (Å²) in [5, 5.41) is 7.18. The Hall–Kier alpha value is -2.92. The number of ether oxygens (including phenoxy) is 1. The Morgan fingerprint density at radius 1 is 1.04 bits per heavy atom. The van der Waals surface area contributed by atoms with Crippen LogP contribution in [0.1, 0.15) is 28.3 Å². The number of rotatable bonds is 5. The second-order valence-electron chi connectivity index (χ2n) is 6.39. The van der Waals surface area contributed by atoms with E-state index < -0.39 is 0 Å². The number of methoxy groups -OCH3 is 1. The van der Waals surface area contributed by atoms with Crippen molar-refractivity contribution >= 4 is 23.0 Å². The summed E-state index contributed by atoms with van der Waals surface area (Å²) in [4.78, 5) is 4.20. The Morgan fingerprint density at radius 3 is 2.44 bits per heavy atom. The lowest BCUT2D eigenvalue weighted by molar-refractivity contribution is 0.398. The number of hydrogen-bond acceptors (Lipinski definition) is 3. The molecule has 0 fully saturated rings. The van der Waals surface area contributed by atoms with E-state index in [1.54, 1.807) is 19.4 Å². The molecule has 0 aliphatic heterocycles. The van der Waals surface area contributed by atoms with Crippen LogP contribution in [0.4, 0.5) is 5.69 Å². The van der Waals surface area contributed by atoms with E-state index in [-0.39, 0.29) is 6.04 Å². The van der Waals surface area contributed by atoms with Gasteiger partial charge in [-0.3, -0.25) is 0 Å². The Balaban J connectivity index is 1.83. The van der Waals surface area contributed by atoms with Crippen molar-refractivity contribution in [1.82, 2.24) is 10.3 Å². The highest BCUT2D eigenvalue weighted by Crippen LogP contribution is 2.26. The monoisotopic (exact) mass is 377 g/mol. The number of hydrogen-bond donors (Lipinski definition) is 2. The lowest BCUT2D eigenvalue weighted by Crippen LogP contribution is -2.33. The molecule has 3 aromatic rings. The van der Waals surface area contributed by atoms with Gasteiger partial charge in [0.15, 0.2) is 5.11 Å². The second kappa shape index (κ2) is 8.64. The van der Waals surface area contributed by atoms with Crippen molar-refractivity contribution in [3.05, 3.63) is 89.1 Å². The van der Waals surface area contributed by atoms with Gasteiger partial charge in [-0.05, 0) is 48.8 Å². The Bertz CT molecular complexity index is 911. The van der Waals surface area contributed by atoms with E-state index in [0.717, 1.165) is 11.3 Å². The number of benzene rings is 2. The zero-order chi connectivity index (χ0) is 19.2. The first-order valence-corrected chi connectivity index (χ1v) is 9.17. The van der Waals surface area contributed by atoms with Crippen molar-refractivity contribution in [2.45, 2.75) is 19.9 Å². The van der Waals surface area contributed by atoms with Gasteiger partial charge in [0, 0.05) is 6.07 Å². The van der Waals surface area contributed by atoms with Crippen molar-refractivity contribution in [2.24, 2.45) is 0 Å². The maximum Gasteiger partial charge on any atom is 0.213 e. The first kappa shape index (κ1) is 18.9. The van der Waals surface area contributed by atoms with Crippen molar-refractivity contribution in [3.8, 4) is 5.88 Å². The molecule has 1 heterocycles. The smallest absolute Gasteiger partial charge is 0.213 e. The third-order valence-corrected chi connectivity index (χ3v) is 4.57. The summed E-state index contributed by atoms with van der Waals surface area (Å²) in [6, 6.07) is 20.4. The molecule has 3 rings (SSSR count). The lowest BCUT2D eigenvalue weighted by atomic mass is 9.94. The number of aromatic nitrogens is 1. The van der Waals surface area contributed by atoms with Crippen LogP contribution in [-0.4, -0.2) is 17.2 Å². The number of aryl methyl sites for hydroxylation is 2. The molecule has 0 amide bonds. The number of anilines is 1. The van der Waals surface area contributed by atoms with E-state index in [4.69, 9.17) is 17.0 Å². The van der Waals surface area contributed by atoms with Gasteiger partial charge in [-0.15, -0.1) is 0 Å². The molecule has 2 aromatic carbocycles. The molecule has 1 aromatic heterocycles. The normalized spacial score (nSPS) is 11.5. The average molecular weight is 378 g/mol. The van der Waals surface area contributed by atoms with Crippen LogP contribution < -0.4 is 15.4 Å². The van der Waals surface area contributed by atoms with Crippen LogP contribution in [0.5, 0.6) is 5.88 Å². The molecule has 2 N–H and O–H groups in total. The summed E-state index contributed by atoms with van der Waals surface area (Å²) in [5.74, 6) is 0.567. The van der Waals surface area contributed by atoms with Crippen molar-refractivity contribution in [1.29, 1.82) is 0 Å². The minimum atomic E-state index is -0.0435. The van der Waals surface area contributed by atoms with Gasteiger partial charge in [-0.25, -0.2) is 4.98 Å². The molecule has 0 saturated carbocycles. The molecule has 0 bridgehead atoms. The van der Waals surface area contributed by atoms with Crippen LogP contribution in [0.25, 0.3) is 0 Å². The fraction of sp³-hybridized carbons (Fsp3) is 0.182. The minimum absolute atomic E-state index is 0.0435. The van der Waals surface area contributed by atoms with E-state index in [0.29, 0.717) is 11.0 Å². The molecule has 0 aliphatic carbocycles. The first-order chi connectivity index (χ1) is 13.1. The zero-order valence-electron chi connectivity index (χ0n) is 15.7. The quantitative estimate of drug-likeness (QED) is 0.627. The van der Waals surface area contributed by atoms with Crippen LogP contribution in [0.2, 0.25) is 0 Å². The van der Waals surface area contributed by atoms with Gasteiger partial charge >= 0.3 is 0 Å². The Morgan fingerprint density at radius 2 is 1.81 bits per heavy atom. The molecule has 0 aliphatic rings. The molecule has 0 unspecified atom stereocenters. The van der Waals surface area contributed by atoms with Crippen LogP contribution in [0.15, 0.2) is 66.9 Å². The summed E-state index contributed by atoms with van der Waals surface area (Å²) < 4.78 is 5.09. The summed E-state index contributed by atoms with van der Waals surface area (Å²) in [6.45, 7) is 4.23. The molecule has 138 valence electrons. The zero-order valence-corrected chi connectivity index (χ0v) is 16.5. The van der Waals surface area contributed by atoms with Gasteiger partial charge in [0.2, 0.25) is 5.88 Å². The molecule has 5 heteroatoms. The lowest BCUT2D eigenvalue weighted by Gasteiger charge is -2.24. The van der Waals surface area contributed by atoms with Gasteiger partial charge in [-0.2, -0.15) is 0 Å². The van der Waals surface area contributed by atoms with E-state index in [2.05, 4.69) is 59.8 Å². The maximum absolute atomic E-state index is 5.56. The standard InChI is InChI=1S/C22H23N3OS/c1-15-9-11-19(16(2)13-15)21(17-7-5-4-6-8-17)25-22(27)24-18-10-12-20(26-3)23-14-18/h4-14,21H,1-3H3,(H2,24,25,27)/t21-/m0/s1. The molecule has 0 radical (unpaired) electrons. The summed E-state index contributed by atoms with van der Waals surface area (Å²) in [5.41, 5.74) is 5.63. The minimum Gasteiger partial charge on any atom is -0.481 e. The maximum atomic E-state index is 5.56. The predicted molar refractivity (Wildman–Crippen MR) is 114 cm³/mol. The molecule has 27 heavy (non-hydrogen) atoms. The molecule has 0 saturated heterocycles. The molecule has 1 atom stereocenters. The molecule has 4 nitrogen and oxygen atoms in total. The fourth-order valence-electron chi connectivity index (χ4n) is 3.01. The summed E-state index contributed by atoms with van der Waals surface area (Å²) >= 11 is 5.56. The third kappa shape index (κ3) is 4.83. The van der Waals surface area contributed by atoms with Crippen LogP contribution in [0, 0.1) is 13.8 Å². The van der Waals surface area contributed by atoms with E-state index in [1.807, 2.05) is 24.3 Å². The molecule has 0 spiro atoms. The van der Waals surface area contributed by atoms with Gasteiger partial charge in [-0.1, -0.05) is 54.1 Å². The van der Waals surface area contributed by atoms with Crippen molar-refractivity contribution in [2.75, 3.05) is 12.4 Å². The number of nitrogens with one attached hydrogen (secondary N) is 2. The highest BCUT2D eigenvalue weighted by Gasteiger charge is 2.17. The van der Waals surface area contributed by atoms with Crippen molar-refractivity contribution < 1.29 is 4.74 Å². The molecular formula is C22H23N3OS. The SMILES string of the molecule is COc1ccc(NC(=S)N[C@@H](c2ccccc2)c2ccc(C)cc2C)cn1. The largest absolute Gasteiger partial charge is 0.481 e. The van der Waals surface area contributed by atoms with Crippen LogP contribution in [0.3, 0.4) is 0 Å². The average Bonchev–Trinajstić information content (AvgIpc) is 2.68. The second-order valence-corrected chi connectivity index (χ2v) is 6.80. The van der Waals surface area contributed by atoms with E-state index in [9.17, 15) is 0 Å². The highest BCUT2D eigenvalue weighted by molar-refractivity contribution is 7.80. The van der Waals surface area contributed by atoms with Crippen molar-refractivity contribution in [3.63, 3.8) is 0 Å². The Kier molecular flexibility index (Phi) is 6.04. The predicted octanol–water partition coefficient (Wildman–Crippen LogP) is 4.78. The van der Waals surface area contributed by atoms with Crippen LogP contribution >= 0.6 is 12.2 Å². The fourth-order valence-corrected chi connectivity index (χ4v) is 3.24. The third-order valence-electron chi connectivity index (χ3n) is 4.35. The number of thiocarbonyl (C=S) groups is 1. The number of nitrogens with zero attached hydrogens (tertiary/aromatic N) is 1. The Labute approximate surface area is 165 Å². The summed E-state index contributed by atoms with van der Waals surface area (Å²) in [6.07, 6.45) is 1.70.